The summed E-state index contributed by atoms with van der Waals surface area (Å²) in [5, 5.41) is 12.4. The first-order valence-corrected chi connectivity index (χ1v) is 7.68. The van der Waals surface area contributed by atoms with Gasteiger partial charge < -0.3 is 10.1 Å². The van der Waals surface area contributed by atoms with Gasteiger partial charge in [-0.2, -0.15) is 0 Å². The Bertz CT molecular complexity index is 626. The Balaban J connectivity index is 1.72. The van der Waals surface area contributed by atoms with Gasteiger partial charge in [0.25, 0.3) is 0 Å². The first-order chi connectivity index (χ1) is 10.3. The summed E-state index contributed by atoms with van der Waals surface area (Å²) in [7, 11) is 0. The molecule has 0 bridgehead atoms. The number of hydrogen-bond donors (Lipinski definition) is 1. The summed E-state index contributed by atoms with van der Waals surface area (Å²) >= 11 is 6.17. The van der Waals surface area contributed by atoms with Gasteiger partial charge in [0.2, 0.25) is 0 Å². The Morgan fingerprint density at radius 1 is 1.43 bits per heavy atom. The lowest BCUT2D eigenvalue weighted by Crippen LogP contribution is -2.13. The summed E-state index contributed by atoms with van der Waals surface area (Å²) < 4.78 is 7.54. The van der Waals surface area contributed by atoms with Gasteiger partial charge in [-0.15, -0.1) is 5.10 Å². The lowest BCUT2D eigenvalue weighted by molar-refractivity contribution is 0.352. The fourth-order valence-corrected chi connectivity index (χ4v) is 2.79. The highest BCUT2D eigenvalue weighted by molar-refractivity contribution is 6.30. The number of fused-ring (bicyclic) bond motifs is 1. The van der Waals surface area contributed by atoms with Crippen LogP contribution in [-0.2, 0) is 19.5 Å². The zero-order chi connectivity index (χ0) is 14.7. The summed E-state index contributed by atoms with van der Waals surface area (Å²) in [5.74, 6) is 0.959. The molecule has 1 aliphatic rings. The van der Waals surface area contributed by atoms with E-state index in [2.05, 4.69) is 22.6 Å². The smallest absolute Gasteiger partial charge is 0.127 e. The van der Waals surface area contributed by atoms with Gasteiger partial charge in [-0.1, -0.05) is 23.7 Å². The second-order valence-corrected chi connectivity index (χ2v) is 5.67. The Morgan fingerprint density at radius 3 is 3.19 bits per heavy atom. The van der Waals surface area contributed by atoms with E-state index in [1.807, 2.05) is 23.0 Å². The SMILES string of the molecule is CCCNCc1cn(Cc2cc(Cl)cc3c2OCC3)nn1. The van der Waals surface area contributed by atoms with Crippen molar-refractivity contribution in [3.8, 4) is 5.75 Å². The van der Waals surface area contributed by atoms with Gasteiger partial charge in [-0.05, 0) is 30.7 Å². The molecule has 0 fully saturated rings. The Labute approximate surface area is 129 Å². The predicted molar refractivity (Wildman–Crippen MR) is 81.8 cm³/mol. The maximum atomic E-state index is 6.17. The first-order valence-electron chi connectivity index (χ1n) is 7.30. The number of rotatable bonds is 6. The van der Waals surface area contributed by atoms with Crippen LogP contribution in [0.25, 0.3) is 0 Å². The average Bonchev–Trinajstić information content (AvgIpc) is 3.08. The topological polar surface area (TPSA) is 52.0 Å². The molecule has 2 heterocycles. The molecule has 0 amide bonds. The Kier molecular flexibility index (Phi) is 4.41. The van der Waals surface area contributed by atoms with Crippen LogP contribution in [0.5, 0.6) is 5.75 Å². The number of nitrogens with zero attached hydrogens (tertiary/aromatic N) is 3. The Hall–Kier alpha value is -1.59. The van der Waals surface area contributed by atoms with Crippen LogP contribution in [0.4, 0.5) is 0 Å². The third-order valence-electron chi connectivity index (χ3n) is 3.48. The summed E-state index contributed by atoms with van der Waals surface area (Å²) in [6, 6.07) is 3.93. The highest BCUT2D eigenvalue weighted by Crippen LogP contribution is 2.33. The van der Waals surface area contributed by atoms with Gasteiger partial charge in [0, 0.05) is 23.6 Å². The van der Waals surface area contributed by atoms with Crippen LogP contribution in [0.1, 0.15) is 30.2 Å². The van der Waals surface area contributed by atoms with Crippen molar-refractivity contribution in [2.75, 3.05) is 13.2 Å². The minimum absolute atomic E-state index is 0.629. The van der Waals surface area contributed by atoms with Crippen LogP contribution in [0.3, 0.4) is 0 Å². The van der Waals surface area contributed by atoms with E-state index in [0.29, 0.717) is 6.54 Å². The molecule has 1 aliphatic heterocycles. The van der Waals surface area contributed by atoms with Gasteiger partial charge in [-0.3, -0.25) is 0 Å². The van der Waals surface area contributed by atoms with Gasteiger partial charge in [0.1, 0.15) is 5.75 Å². The minimum atomic E-state index is 0.629. The molecular weight excluding hydrogens is 288 g/mol. The van der Waals surface area contributed by atoms with Crippen LogP contribution in [0, 0.1) is 0 Å². The summed E-state index contributed by atoms with van der Waals surface area (Å²) in [6.45, 7) is 5.24. The lowest BCUT2D eigenvalue weighted by atomic mass is 10.1. The third-order valence-corrected chi connectivity index (χ3v) is 3.69. The molecule has 0 aliphatic carbocycles. The van der Waals surface area contributed by atoms with Crippen LogP contribution in [0.2, 0.25) is 5.02 Å². The van der Waals surface area contributed by atoms with Crippen LogP contribution in [0.15, 0.2) is 18.3 Å². The molecule has 2 aromatic rings. The molecule has 3 rings (SSSR count). The van der Waals surface area contributed by atoms with E-state index >= 15 is 0 Å². The number of benzene rings is 1. The predicted octanol–water partition coefficient (Wildman–Crippen LogP) is 2.41. The molecule has 0 radical (unpaired) electrons. The van der Waals surface area contributed by atoms with Crippen molar-refractivity contribution in [1.29, 1.82) is 0 Å². The van der Waals surface area contributed by atoms with E-state index in [1.54, 1.807) is 0 Å². The van der Waals surface area contributed by atoms with Gasteiger partial charge in [0.05, 0.1) is 25.0 Å². The normalized spacial score (nSPS) is 13.2. The molecule has 0 saturated heterocycles. The monoisotopic (exact) mass is 306 g/mol. The zero-order valence-corrected chi connectivity index (χ0v) is 12.9. The maximum Gasteiger partial charge on any atom is 0.127 e. The number of halogens is 1. The first kappa shape index (κ1) is 14.4. The van der Waals surface area contributed by atoms with Crippen molar-refractivity contribution in [1.82, 2.24) is 20.3 Å². The summed E-state index contributed by atoms with van der Waals surface area (Å²) in [6.07, 6.45) is 4.00. The molecule has 1 aromatic carbocycles. The zero-order valence-electron chi connectivity index (χ0n) is 12.1. The van der Waals surface area contributed by atoms with Gasteiger partial charge in [-0.25, -0.2) is 4.68 Å². The second-order valence-electron chi connectivity index (χ2n) is 5.24. The highest BCUT2D eigenvalue weighted by atomic mass is 35.5. The molecule has 0 spiro atoms. The van der Waals surface area contributed by atoms with Gasteiger partial charge >= 0.3 is 0 Å². The fourth-order valence-electron chi connectivity index (χ4n) is 2.53. The molecule has 1 aromatic heterocycles. The van der Waals surface area contributed by atoms with Crippen LogP contribution >= 0.6 is 11.6 Å². The quantitative estimate of drug-likeness (QED) is 0.833. The number of ether oxygens (including phenoxy) is 1. The highest BCUT2D eigenvalue weighted by Gasteiger charge is 2.18. The molecule has 6 heteroatoms. The van der Waals surface area contributed by atoms with Gasteiger partial charge in [0.15, 0.2) is 0 Å². The van der Waals surface area contributed by atoms with Crippen molar-refractivity contribution < 1.29 is 4.74 Å². The van der Waals surface area contributed by atoms with E-state index in [-0.39, 0.29) is 0 Å². The molecular formula is C15H19ClN4O. The molecule has 1 N–H and O–H groups in total. The van der Waals surface area contributed by atoms with E-state index in [1.165, 1.54) is 5.56 Å². The molecule has 112 valence electrons. The lowest BCUT2D eigenvalue weighted by Gasteiger charge is -2.08. The summed E-state index contributed by atoms with van der Waals surface area (Å²) in [4.78, 5) is 0. The van der Waals surface area contributed by atoms with Crippen LogP contribution in [-0.4, -0.2) is 28.1 Å². The van der Waals surface area contributed by atoms with Crippen LogP contribution < -0.4 is 10.1 Å². The van der Waals surface area contributed by atoms with Crippen molar-refractivity contribution >= 4 is 11.6 Å². The van der Waals surface area contributed by atoms with Crippen molar-refractivity contribution in [3.63, 3.8) is 0 Å². The summed E-state index contributed by atoms with van der Waals surface area (Å²) in [5.41, 5.74) is 3.19. The molecule has 0 unspecified atom stereocenters. The maximum absolute atomic E-state index is 6.17. The molecule has 5 nitrogen and oxygen atoms in total. The second kappa shape index (κ2) is 6.45. The molecule has 0 saturated carbocycles. The molecule has 21 heavy (non-hydrogen) atoms. The Morgan fingerprint density at radius 2 is 2.33 bits per heavy atom. The fraction of sp³-hybridized carbons (Fsp3) is 0.467. The average molecular weight is 307 g/mol. The number of aromatic nitrogens is 3. The van der Waals surface area contributed by atoms with Crippen molar-refractivity contribution in [2.24, 2.45) is 0 Å². The van der Waals surface area contributed by atoms with Crippen molar-refractivity contribution in [3.05, 3.63) is 40.2 Å². The number of hydrogen-bond acceptors (Lipinski definition) is 4. The van der Waals surface area contributed by atoms with E-state index in [4.69, 9.17) is 16.3 Å². The minimum Gasteiger partial charge on any atom is -0.493 e. The largest absolute Gasteiger partial charge is 0.493 e. The number of nitrogens with one attached hydrogen (secondary N) is 1. The van der Waals surface area contributed by atoms with E-state index in [0.717, 1.165) is 54.6 Å². The molecule has 0 atom stereocenters. The van der Waals surface area contributed by atoms with E-state index < -0.39 is 0 Å². The standard InChI is InChI=1S/C15H19ClN4O/c1-2-4-17-8-14-10-20(19-18-14)9-12-7-13(16)6-11-3-5-21-15(11)12/h6-7,10,17H,2-5,8-9H2,1H3. The third kappa shape index (κ3) is 3.36. The van der Waals surface area contributed by atoms with E-state index in [9.17, 15) is 0 Å². The van der Waals surface area contributed by atoms with Crippen molar-refractivity contribution in [2.45, 2.75) is 32.9 Å².